The summed E-state index contributed by atoms with van der Waals surface area (Å²) < 4.78 is 14.8. The first-order valence-corrected chi connectivity index (χ1v) is 10.7. The van der Waals surface area contributed by atoms with Gasteiger partial charge in [-0.2, -0.15) is 4.99 Å². The van der Waals surface area contributed by atoms with Crippen molar-refractivity contribution in [3.63, 3.8) is 0 Å². The Kier molecular flexibility index (Phi) is 5.95. The van der Waals surface area contributed by atoms with Gasteiger partial charge in [0.15, 0.2) is 4.80 Å². The van der Waals surface area contributed by atoms with Gasteiger partial charge in [0.05, 0.1) is 16.9 Å². The van der Waals surface area contributed by atoms with Crippen molar-refractivity contribution in [2.24, 2.45) is 4.99 Å². The van der Waals surface area contributed by atoms with Gasteiger partial charge in [-0.3, -0.25) is 4.79 Å². The van der Waals surface area contributed by atoms with Crippen molar-refractivity contribution in [3.05, 3.63) is 83.2 Å². The van der Waals surface area contributed by atoms with Gasteiger partial charge >= 0.3 is 0 Å². The number of amides is 1. The maximum Gasteiger partial charge on any atom is 0.283 e. The topological polar surface area (TPSA) is 52.8 Å². The van der Waals surface area contributed by atoms with Crippen molar-refractivity contribution in [1.82, 2.24) is 4.57 Å². The van der Waals surface area contributed by atoms with E-state index in [1.807, 2.05) is 79.1 Å². The Bertz CT molecular complexity index is 1240. The number of para-hydroxylation sites is 3. The number of ether oxygens (including phenoxy) is 2. The lowest BCUT2D eigenvalue weighted by Crippen LogP contribution is -2.16. The highest BCUT2D eigenvalue weighted by Gasteiger charge is 2.15. The van der Waals surface area contributed by atoms with Gasteiger partial charge < -0.3 is 14.0 Å². The zero-order chi connectivity index (χ0) is 20.9. The summed E-state index contributed by atoms with van der Waals surface area (Å²) in [7, 11) is 0. The average molecular weight is 419 g/mol. The van der Waals surface area contributed by atoms with Gasteiger partial charge in [-0.15, -0.1) is 0 Å². The fraction of sp³-hybridized carbons (Fsp3) is 0.167. The Morgan fingerprint density at radius 1 is 0.933 bits per heavy atom. The van der Waals surface area contributed by atoms with E-state index in [2.05, 4.69) is 4.99 Å². The molecule has 0 N–H and O–H groups in total. The summed E-state index contributed by atoms with van der Waals surface area (Å²) in [4.78, 5) is 18.2. The van der Waals surface area contributed by atoms with E-state index in [0.717, 1.165) is 16.0 Å². The molecule has 6 heteroatoms. The van der Waals surface area contributed by atoms with Crippen molar-refractivity contribution >= 4 is 27.5 Å². The average Bonchev–Trinajstić information content (AvgIpc) is 3.13. The van der Waals surface area contributed by atoms with Crippen molar-refractivity contribution in [3.8, 4) is 17.2 Å². The summed E-state index contributed by atoms with van der Waals surface area (Å²) in [5, 5.41) is 0. The molecular weight excluding hydrogens is 396 g/mol. The molecule has 0 bridgehead atoms. The molecule has 0 fully saturated rings. The number of carbonyl (C=O) groups excluding carboxylic acids is 1. The largest absolute Gasteiger partial charge is 0.492 e. The van der Waals surface area contributed by atoms with E-state index in [4.69, 9.17) is 9.47 Å². The van der Waals surface area contributed by atoms with Crippen LogP contribution in [0.5, 0.6) is 17.2 Å². The van der Waals surface area contributed by atoms with Gasteiger partial charge in [-0.05, 0) is 50.2 Å². The molecule has 4 rings (SSSR count). The molecule has 3 aromatic carbocycles. The molecule has 0 radical (unpaired) electrons. The minimum atomic E-state index is -0.340. The van der Waals surface area contributed by atoms with Crippen molar-refractivity contribution in [1.29, 1.82) is 0 Å². The highest BCUT2D eigenvalue weighted by Crippen LogP contribution is 2.28. The molecule has 152 valence electrons. The molecule has 1 heterocycles. The fourth-order valence-electron chi connectivity index (χ4n) is 3.24. The third-order valence-corrected chi connectivity index (χ3v) is 5.61. The normalized spacial score (nSPS) is 11.6. The first-order chi connectivity index (χ1) is 14.7. The van der Waals surface area contributed by atoms with Crippen molar-refractivity contribution < 1.29 is 14.3 Å². The number of aromatic nitrogens is 1. The Morgan fingerprint density at radius 2 is 1.67 bits per heavy atom. The molecular formula is C24H22N2O3S. The molecule has 0 saturated heterocycles. The number of rotatable bonds is 6. The lowest BCUT2D eigenvalue weighted by atomic mass is 10.2. The first kappa shape index (κ1) is 19.9. The van der Waals surface area contributed by atoms with Crippen LogP contribution in [0.15, 0.2) is 77.8 Å². The number of nitrogens with zero attached hydrogens (tertiary/aromatic N) is 2. The number of benzene rings is 3. The maximum atomic E-state index is 13.1. The number of hydrogen-bond donors (Lipinski definition) is 0. The fourth-order valence-corrected chi connectivity index (χ4v) is 4.35. The highest BCUT2D eigenvalue weighted by molar-refractivity contribution is 7.16. The van der Waals surface area contributed by atoms with Crippen LogP contribution in [0, 0.1) is 0 Å². The van der Waals surface area contributed by atoms with Gasteiger partial charge in [0, 0.05) is 6.54 Å². The van der Waals surface area contributed by atoms with Crippen LogP contribution in [-0.4, -0.2) is 17.1 Å². The van der Waals surface area contributed by atoms with E-state index >= 15 is 0 Å². The van der Waals surface area contributed by atoms with Gasteiger partial charge in [0.2, 0.25) is 0 Å². The van der Waals surface area contributed by atoms with Crippen LogP contribution in [0.4, 0.5) is 0 Å². The molecule has 4 aromatic rings. The Morgan fingerprint density at radius 3 is 2.43 bits per heavy atom. The summed E-state index contributed by atoms with van der Waals surface area (Å²) in [5.41, 5.74) is 1.39. The second-order valence-electron chi connectivity index (χ2n) is 6.49. The van der Waals surface area contributed by atoms with E-state index in [1.165, 1.54) is 11.3 Å². The quantitative estimate of drug-likeness (QED) is 0.406. The molecule has 5 nitrogen and oxygen atoms in total. The number of hydrogen-bond acceptors (Lipinski definition) is 4. The third kappa shape index (κ3) is 4.00. The number of carbonyl (C=O) groups is 1. The van der Waals surface area contributed by atoms with Crippen molar-refractivity contribution in [2.75, 3.05) is 6.61 Å². The Balaban J connectivity index is 1.77. The molecule has 0 aliphatic rings. The predicted octanol–water partition coefficient (Wildman–Crippen LogP) is 5.65. The van der Waals surface area contributed by atoms with Crippen LogP contribution in [0.1, 0.15) is 24.2 Å². The van der Waals surface area contributed by atoms with Crippen LogP contribution in [0.3, 0.4) is 0 Å². The molecule has 30 heavy (non-hydrogen) atoms. The summed E-state index contributed by atoms with van der Waals surface area (Å²) >= 11 is 1.48. The van der Waals surface area contributed by atoms with E-state index < -0.39 is 0 Å². The van der Waals surface area contributed by atoms with Gasteiger partial charge in [0.1, 0.15) is 22.8 Å². The van der Waals surface area contributed by atoms with Crippen LogP contribution in [0.2, 0.25) is 0 Å². The molecule has 0 unspecified atom stereocenters. The van der Waals surface area contributed by atoms with Crippen LogP contribution in [0.25, 0.3) is 10.2 Å². The predicted molar refractivity (Wildman–Crippen MR) is 120 cm³/mol. The zero-order valence-electron chi connectivity index (χ0n) is 16.9. The first-order valence-electron chi connectivity index (χ1n) is 9.87. The van der Waals surface area contributed by atoms with E-state index in [9.17, 15) is 4.79 Å². The van der Waals surface area contributed by atoms with Crippen LogP contribution < -0.4 is 14.3 Å². The number of aryl methyl sites for hydroxylation is 1. The summed E-state index contributed by atoms with van der Waals surface area (Å²) in [6.45, 7) is 5.25. The minimum absolute atomic E-state index is 0.340. The van der Waals surface area contributed by atoms with Gasteiger partial charge in [-0.1, -0.05) is 47.7 Å². The summed E-state index contributed by atoms with van der Waals surface area (Å²) in [6.07, 6.45) is 0. The van der Waals surface area contributed by atoms with Gasteiger partial charge in [0.25, 0.3) is 5.91 Å². The Hall–Kier alpha value is -3.38. The standard InChI is InChI=1S/C24H22N2O3S/c1-3-26-22-20(28-4-2)15-10-16-21(22)30-24(26)25-23(27)18-13-8-9-14-19(18)29-17-11-6-5-7-12-17/h5-16H,3-4H2,1-2H3. The molecule has 0 aliphatic heterocycles. The zero-order valence-corrected chi connectivity index (χ0v) is 17.7. The molecule has 1 amide bonds. The molecule has 0 spiro atoms. The van der Waals surface area contributed by atoms with E-state index in [-0.39, 0.29) is 5.91 Å². The van der Waals surface area contributed by atoms with Crippen LogP contribution >= 0.6 is 11.3 Å². The Labute approximate surface area is 178 Å². The lowest BCUT2D eigenvalue weighted by molar-refractivity contribution is 0.0995. The summed E-state index contributed by atoms with van der Waals surface area (Å²) in [6, 6.07) is 22.5. The smallest absolute Gasteiger partial charge is 0.283 e. The molecule has 1 aromatic heterocycles. The second kappa shape index (κ2) is 8.97. The maximum absolute atomic E-state index is 13.1. The van der Waals surface area contributed by atoms with Crippen LogP contribution in [-0.2, 0) is 6.54 Å². The highest BCUT2D eigenvalue weighted by atomic mass is 32.1. The third-order valence-electron chi connectivity index (χ3n) is 4.57. The van der Waals surface area contributed by atoms with E-state index in [1.54, 1.807) is 12.1 Å². The lowest BCUT2D eigenvalue weighted by Gasteiger charge is -2.09. The number of fused-ring (bicyclic) bond motifs is 1. The minimum Gasteiger partial charge on any atom is -0.492 e. The number of thiazole rings is 1. The van der Waals surface area contributed by atoms with Crippen molar-refractivity contribution in [2.45, 2.75) is 20.4 Å². The molecule has 0 saturated carbocycles. The molecule has 0 atom stereocenters. The second-order valence-corrected chi connectivity index (χ2v) is 7.50. The monoisotopic (exact) mass is 418 g/mol. The SMILES string of the molecule is CCOc1cccc2sc(=NC(=O)c3ccccc3Oc3ccccc3)n(CC)c12. The summed E-state index contributed by atoms with van der Waals surface area (Å²) in [5.74, 6) is 1.62. The van der Waals surface area contributed by atoms with E-state index in [0.29, 0.717) is 35.0 Å². The van der Waals surface area contributed by atoms with Gasteiger partial charge in [-0.25, -0.2) is 0 Å². The molecule has 0 aliphatic carbocycles.